The minimum atomic E-state index is -0.511. The van der Waals surface area contributed by atoms with Crippen molar-refractivity contribution in [3.05, 3.63) is 18.1 Å². The third-order valence-corrected chi connectivity index (χ3v) is 1.85. The first-order chi connectivity index (χ1) is 7.77. The molecule has 90 valence electrons. The second-order valence-electron chi connectivity index (χ2n) is 3.41. The fourth-order valence-corrected chi connectivity index (χ4v) is 1.15. The third kappa shape index (κ3) is 4.12. The lowest BCUT2D eigenvalue weighted by Crippen LogP contribution is -2.14. The minimum absolute atomic E-state index is 0.426. The van der Waals surface area contributed by atoms with Crippen LogP contribution in [0.25, 0.3) is 0 Å². The van der Waals surface area contributed by atoms with Gasteiger partial charge in [-0.3, -0.25) is 0 Å². The molecular weight excluding hydrogens is 206 g/mol. The number of nitrogens with two attached hydrogens (primary N) is 1. The van der Waals surface area contributed by atoms with Crippen LogP contribution in [0.4, 0.5) is 5.82 Å². The summed E-state index contributed by atoms with van der Waals surface area (Å²) in [5.41, 5.74) is 5.59. The summed E-state index contributed by atoms with van der Waals surface area (Å²) in [4.78, 5) is 8.20. The molecule has 0 aliphatic rings. The van der Waals surface area contributed by atoms with E-state index in [4.69, 9.17) is 15.2 Å². The van der Waals surface area contributed by atoms with Crippen LogP contribution >= 0.6 is 0 Å². The Kier molecular flexibility index (Phi) is 5.74. The molecule has 0 unspecified atom stereocenters. The van der Waals surface area contributed by atoms with Gasteiger partial charge in [0.1, 0.15) is 5.82 Å². The molecule has 5 heteroatoms. The first-order valence-electron chi connectivity index (χ1n) is 5.59. The fraction of sp³-hybridized carbons (Fsp3) is 0.636. The molecule has 0 aromatic carbocycles. The van der Waals surface area contributed by atoms with Crippen molar-refractivity contribution in [1.82, 2.24) is 9.97 Å². The summed E-state index contributed by atoms with van der Waals surface area (Å²) in [5, 5.41) is 0. The molecule has 0 saturated heterocycles. The molecule has 0 saturated carbocycles. The van der Waals surface area contributed by atoms with E-state index in [1.54, 1.807) is 12.3 Å². The van der Waals surface area contributed by atoms with E-state index in [9.17, 15) is 0 Å². The van der Waals surface area contributed by atoms with Crippen molar-refractivity contribution >= 4 is 5.82 Å². The summed E-state index contributed by atoms with van der Waals surface area (Å²) in [6, 6.07) is 1.64. The Labute approximate surface area is 96.0 Å². The van der Waals surface area contributed by atoms with Gasteiger partial charge in [-0.25, -0.2) is 9.97 Å². The largest absolute Gasteiger partial charge is 0.384 e. The summed E-state index contributed by atoms with van der Waals surface area (Å²) < 4.78 is 11.1. The number of nitrogen functional groups attached to an aromatic ring is 1. The topological polar surface area (TPSA) is 70.3 Å². The molecule has 0 radical (unpaired) electrons. The van der Waals surface area contributed by atoms with Gasteiger partial charge in [0, 0.05) is 19.4 Å². The van der Waals surface area contributed by atoms with Gasteiger partial charge in [0.2, 0.25) is 6.29 Å². The lowest BCUT2D eigenvalue weighted by Gasteiger charge is -2.16. The molecule has 2 N–H and O–H groups in total. The number of hydrogen-bond acceptors (Lipinski definition) is 5. The Morgan fingerprint density at radius 1 is 1.25 bits per heavy atom. The van der Waals surface area contributed by atoms with E-state index in [0.29, 0.717) is 24.9 Å². The van der Waals surface area contributed by atoms with Gasteiger partial charge in [-0.05, 0) is 18.9 Å². The SMILES string of the molecule is CCCOC(OCCC)c1nccc(N)n1. The Morgan fingerprint density at radius 2 is 1.88 bits per heavy atom. The van der Waals surface area contributed by atoms with Crippen LogP contribution in [0, 0.1) is 0 Å². The van der Waals surface area contributed by atoms with Gasteiger partial charge in [-0.15, -0.1) is 0 Å². The number of hydrogen-bond donors (Lipinski definition) is 1. The number of aromatic nitrogens is 2. The van der Waals surface area contributed by atoms with Crippen LogP contribution in [0.5, 0.6) is 0 Å². The molecular formula is C11H19N3O2. The first kappa shape index (κ1) is 12.9. The molecule has 1 aromatic heterocycles. The predicted octanol–water partition coefficient (Wildman–Crippen LogP) is 1.91. The fourth-order valence-electron chi connectivity index (χ4n) is 1.15. The maximum Gasteiger partial charge on any atom is 0.219 e. The van der Waals surface area contributed by atoms with Crippen molar-refractivity contribution in [2.45, 2.75) is 33.0 Å². The smallest absolute Gasteiger partial charge is 0.219 e. The van der Waals surface area contributed by atoms with E-state index in [1.807, 2.05) is 13.8 Å². The lowest BCUT2D eigenvalue weighted by atomic mass is 10.4. The summed E-state index contributed by atoms with van der Waals surface area (Å²) in [6.45, 7) is 5.31. The number of rotatable bonds is 7. The van der Waals surface area contributed by atoms with Crippen molar-refractivity contribution in [2.24, 2.45) is 0 Å². The zero-order valence-corrected chi connectivity index (χ0v) is 9.85. The molecule has 0 spiro atoms. The summed E-state index contributed by atoms with van der Waals surface area (Å²) in [5.74, 6) is 0.914. The molecule has 1 aromatic rings. The Morgan fingerprint density at radius 3 is 2.38 bits per heavy atom. The zero-order chi connectivity index (χ0) is 11.8. The number of ether oxygens (including phenoxy) is 2. The van der Waals surface area contributed by atoms with Gasteiger partial charge in [-0.1, -0.05) is 13.8 Å². The van der Waals surface area contributed by atoms with Crippen LogP contribution in [0.1, 0.15) is 38.8 Å². The third-order valence-electron chi connectivity index (χ3n) is 1.85. The van der Waals surface area contributed by atoms with E-state index in [0.717, 1.165) is 12.8 Å². The molecule has 0 atom stereocenters. The van der Waals surface area contributed by atoms with Gasteiger partial charge < -0.3 is 15.2 Å². The Bertz CT molecular complexity index is 299. The van der Waals surface area contributed by atoms with Crippen LogP contribution in [0.3, 0.4) is 0 Å². The summed E-state index contributed by atoms with van der Waals surface area (Å²) in [6.07, 6.45) is 2.95. The molecule has 0 amide bonds. The van der Waals surface area contributed by atoms with Crippen LogP contribution in [0.2, 0.25) is 0 Å². The van der Waals surface area contributed by atoms with Crippen LogP contribution in [-0.4, -0.2) is 23.2 Å². The normalized spacial score (nSPS) is 10.9. The zero-order valence-electron chi connectivity index (χ0n) is 9.85. The van der Waals surface area contributed by atoms with E-state index in [2.05, 4.69) is 9.97 Å². The first-order valence-corrected chi connectivity index (χ1v) is 5.59. The van der Waals surface area contributed by atoms with E-state index < -0.39 is 6.29 Å². The van der Waals surface area contributed by atoms with Crippen LogP contribution in [-0.2, 0) is 9.47 Å². The average Bonchev–Trinajstić information content (AvgIpc) is 2.29. The highest BCUT2D eigenvalue weighted by molar-refractivity contribution is 5.25. The molecule has 0 bridgehead atoms. The molecule has 1 rings (SSSR count). The van der Waals surface area contributed by atoms with Crippen molar-refractivity contribution < 1.29 is 9.47 Å². The van der Waals surface area contributed by atoms with Gasteiger partial charge in [0.05, 0.1) is 0 Å². The standard InChI is InChI=1S/C11H19N3O2/c1-3-7-15-11(16-8-4-2)10-13-6-5-9(12)14-10/h5-6,11H,3-4,7-8H2,1-2H3,(H2,12,13,14). The molecule has 1 heterocycles. The maximum absolute atomic E-state index is 5.59. The van der Waals surface area contributed by atoms with E-state index >= 15 is 0 Å². The van der Waals surface area contributed by atoms with Crippen molar-refractivity contribution in [2.75, 3.05) is 18.9 Å². The number of nitrogens with zero attached hydrogens (tertiary/aromatic N) is 2. The van der Waals surface area contributed by atoms with Gasteiger partial charge in [-0.2, -0.15) is 0 Å². The predicted molar refractivity (Wildman–Crippen MR) is 61.7 cm³/mol. The molecule has 0 aliphatic heterocycles. The summed E-state index contributed by atoms with van der Waals surface area (Å²) >= 11 is 0. The van der Waals surface area contributed by atoms with Crippen molar-refractivity contribution in [3.8, 4) is 0 Å². The highest BCUT2D eigenvalue weighted by Crippen LogP contribution is 2.16. The van der Waals surface area contributed by atoms with Crippen LogP contribution < -0.4 is 5.73 Å². The Hall–Kier alpha value is -1.20. The lowest BCUT2D eigenvalue weighted by molar-refractivity contribution is -0.151. The van der Waals surface area contributed by atoms with Gasteiger partial charge in [0.15, 0.2) is 5.82 Å². The second kappa shape index (κ2) is 7.14. The average molecular weight is 225 g/mol. The molecule has 0 fully saturated rings. The summed E-state index contributed by atoms with van der Waals surface area (Å²) in [7, 11) is 0. The van der Waals surface area contributed by atoms with E-state index in [-0.39, 0.29) is 0 Å². The monoisotopic (exact) mass is 225 g/mol. The van der Waals surface area contributed by atoms with E-state index in [1.165, 1.54) is 0 Å². The molecule has 5 nitrogen and oxygen atoms in total. The van der Waals surface area contributed by atoms with Crippen LogP contribution in [0.15, 0.2) is 12.3 Å². The maximum atomic E-state index is 5.59. The second-order valence-corrected chi connectivity index (χ2v) is 3.41. The van der Waals surface area contributed by atoms with Crippen molar-refractivity contribution in [1.29, 1.82) is 0 Å². The van der Waals surface area contributed by atoms with Crippen molar-refractivity contribution in [3.63, 3.8) is 0 Å². The molecule has 16 heavy (non-hydrogen) atoms. The minimum Gasteiger partial charge on any atom is -0.384 e. The quantitative estimate of drug-likeness (QED) is 0.718. The Balaban J connectivity index is 2.66. The number of anilines is 1. The van der Waals surface area contributed by atoms with Gasteiger partial charge in [0.25, 0.3) is 0 Å². The molecule has 0 aliphatic carbocycles. The highest BCUT2D eigenvalue weighted by atomic mass is 16.7. The highest BCUT2D eigenvalue weighted by Gasteiger charge is 2.15. The van der Waals surface area contributed by atoms with Gasteiger partial charge >= 0.3 is 0 Å².